The monoisotopic (exact) mass is 233 g/mol. The number of halogens is 1. The van der Waals surface area contributed by atoms with Gasteiger partial charge in [-0.25, -0.2) is 0 Å². The number of hydrogen-bond donors (Lipinski definition) is 1. The van der Waals surface area contributed by atoms with E-state index in [2.05, 4.69) is 16.7 Å². The molecule has 1 heterocycles. The molecule has 1 rings (SSSR count). The molecule has 80 valence electrons. The summed E-state index contributed by atoms with van der Waals surface area (Å²) in [5.41, 5.74) is 1.07. The Labute approximate surface area is 94.2 Å². The molecular formula is C9H16ClN3S. The van der Waals surface area contributed by atoms with E-state index in [9.17, 15) is 0 Å². The second kappa shape index (κ2) is 5.63. The van der Waals surface area contributed by atoms with Crippen LogP contribution in [0.1, 0.15) is 18.2 Å². The van der Waals surface area contributed by atoms with Gasteiger partial charge in [0.05, 0.1) is 23.0 Å². The van der Waals surface area contributed by atoms with Gasteiger partial charge < -0.3 is 5.32 Å². The number of nitrogens with one attached hydrogen (secondary N) is 1. The Kier molecular flexibility index (Phi) is 4.78. The van der Waals surface area contributed by atoms with Crippen molar-refractivity contribution in [1.29, 1.82) is 0 Å². The molecule has 5 heteroatoms. The highest BCUT2D eigenvalue weighted by Gasteiger charge is 2.16. The van der Waals surface area contributed by atoms with E-state index < -0.39 is 0 Å². The molecule has 1 N–H and O–H groups in total. The van der Waals surface area contributed by atoms with Crippen molar-refractivity contribution >= 4 is 23.4 Å². The van der Waals surface area contributed by atoms with E-state index in [0.29, 0.717) is 6.04 Å². The van der Waals surface area contributed by atoms with Crippen molar-refractivity contribution in [2.24, 2.45) is 7.05 Å². The first kappa shape index (κ1) is 11.9. The summed E-state index contributed by atoms with van der Waals surface area (Å²) >= 11 is 7.91. The maximum Gasteiger partial charge on any atom is 0.0834 e. The van der Waals surface area contributed by atoms with Gasteiger partial charge in [-0.15, -0.1) is 0 Å². The lowest BCUT2D eigenvalue weighted by Gasteiger charge is -2.16. The molecule has 0 aromatic carbocycles. The van der Waals surface area contributed by atoms with E-state index in [-0.39, 0.29) is 0 Å². The molecule has 14 heavy (non-hydrogen) atoms. The lowest BCUT2D eigenvalue weighted by atomic mass is 10.1. The quantitative estimate of drug-likeness (QED) is 0.845. The van der Waals surface area contributed by atoms with E-state index in [1.165, 1.54) is 0 Å². The summed E-state index contributed by atoms with van der Waals surface area (Å²) in [6.45, 7) is 0. The van der Waals surface area contributed by atoms with Crippen LogP contribution in [0.2, 0.25) is 5.02 Å². The smallest absolute Gasteiger partial charge is 0.0834 e. The average molecular weight is 234 g/mol. The SMILES string of the molecule is CNC(CCSC)c1c(Cl)cnn1C. The minimum absolute atomic E-state index is 0.294. The van der Waals surface area contributed by atoms with Gasteiger partial charge >= 0.3 is 0 Å². The van der Waals surface area contributed by atoms with Crippen LogP contribution < -0.4 is 5.32 Å². The number of nitrogens with zero attached hydrogens (tertiary/aromatic N) is 2. The number of hydrogen-bond acceptors (Lipinski definition) is 3. The lowest BCUT2D eigenvalue weighted by molar-refractivity contribution is 0.530. The summed E-state index contributed by atoms with van der Waals surface area (Å²) in [5.74, 6) is 1.12. The first-order chi connectivity index (χ1) is 6.70. The molecule has 0 radical (unpaired) electrons. The minimum Gasteiger partial charge on any atom is -0.312 e. The van der Waals surface area contributed by atoms with Crippen molar-refractivity contribution < 1.29 is 0 Å². The van der Waals surface area contributed by atoms with Crippen LogP contribution in [0, 0.1) is 0 Å². The molecule has 0 fully saturated rings. The second-order valence-electron chi connectivity index (χ2n) is 3.12. The number of thioether (sulfide) groups is 1. The fourth-order valence-corrected chi connectivity index (χ4v) is 2.23. The summed E-state index contributed by atoms with van der Waals surface area (Å²) in [7, 11) is 3.87. The zero-order valence-corrected chi connectivity index (χ0v) is 10.3. The molecule has 0 aliphatic heterocycles. The molecule has 0 aliphatic carbocycles. The van der Waals surface area contributed by atoms with Crippen LogP contribution in [0.25, 0.3) is 0 Å². The van der Waals surface area contributed by atoms with E-state index >= 15 is 0 Å². The Morgan fingerprint density at radius 2 is 2.43 bits per heavy atom. The summed E-state index contributed by atoms with van der Waals surface area (Å²) in [6.07, 6.45) is 4.87. The summed E-state index contributed by atoms with van der Waals surface area (Å²) < 4.78 is 1.84. The first-order valence-electron chi connectivity index (χ1n) is 4.54. The third kappa shape index (κ3) is 2.65. The molecule has 1 aromatic rings. The largest absolute Gasteiger partial charge is 0.312 e. The van der Waals surface area contributed by atoms with Crippen molar-refractivity contribution in [3.05, 3.63) is 16.9 Å². The maximum atomic E-state index is 6.07. The van der Waals surface area contributed by atoms with Gasteiger partial charge in [0.1, 0.15) is 0 Å². The molecule has 0 bridgehead atoms. The normalized spacial score (nSPS) is 13.1. The van der Waals surface area contributed by atoms with Crippen molar-refractivity contribution in [1.82, 2.24) is 15.1 Å². The first-order valence-corrected chi connectivity index (χ1v) is 6.31. The van der Waals surface area contributed by atoms with Gasteiger partial charge in [0.2, 0.25) is 0 Å². The second-order valence-corrected chi connectivity index (χ2v) is 4.52. The van der Waals surface area contributed by atoms with Crippen LogP contribution >= 0.6 is 23.4 Å². The molecule has 1 unspecified atom stereocenters. The Morgan fingerprint density at radius 3 is 2.86 bits per heavy atom. The summed E-state index contributed by atoms with van der Waals surface area (Å²) in [5, 5.41) is 8.14. The molecule has 1 atom stereocenters. The molecule has 0 spiro atoms. The average Bonchev–Trinajstić information content (AvgIpc) is 2.50. The number of aryl methyl sites for hydroxylation is 1. The third-order valence-electron chi connectivity index (χ3n) is 2.23. The molecule has 0 saturated carbocycles. The predicted molar refractivity (Wildman–Crippen MR) is 63.0 cm³/mol. The van der Waals surface area contributed by atoms with Crippen molar-refractivity contribution in [2.45, 2.75) is 12.5 Å². The molecule has 0 aliphatic rings. The Hall–Kier alpha value is -0.190. The van der Waals surface area contributed by atoms with Crippen molar-refractivity contribution in [3.8, 4) is 0 Å². The summed E-state index contributed by atoms with van der Waals surface area (Å²) in [6, 6.07) is 0.294. The van der Waals surface area contributed by atoms with Crippen LogP contribution in [-0.2, 0) is 7.05 Å². The van der Waals surface area contributed by atoms with Gasteiger partial charge in [0.25, 0.3) is 0 Å². The van der Waals surface area contributed by atoms with E-state index in [1.54, 1.807) is 6.20 Å². The fourth-order valence-electron chi connectivity index (χ4n) is 1.47. The number of aromatic nitrogens is 2. The molecule has 0 saturated heterocycles. The minimum atomic E-state index is 0.294. The maximum absolute atomic E-state index is 6.07. The van der Waals surface area contributed by atoms with Gasteiger partial charge in [-0.3, -0.25) is 4.68 Å². The van der Waals surface area contributed by atoms with Crippen LogP contribution in [0.15, 0.2) is 6.20 Å². The fraction of sp³-hybridized carbons (Fsp3) is 0.667. The summed E-state index contributed by atoms with van der Waals surface area (Å²) in [4.78, 5) is 0. The third-order valence-corrected chi connectivity index (χ3v) is 3.16. The molecule has 1 aromatic heterocycles. The predicted octanol–water partition coefficient (Wildman–Crippen LogP) is 2.09. The Bertz CT molecular complexity index is 268. The molecule has 0 amide bonds. The lowest BCUT2D eigenvalue weighted by Crippen LogP contribution is -2.20. The van der Waals surface area contributed by atoms with Gasteiger partial charge in [-0.1, -0.05) is 11.6 Å². The Balaban J connectivity index is 2.77. The highest BCUT2D eigenvalue weighted by atomic mass is 35.5. The van der Waals surface area contributed by atoms with Gasteiger partial charge in [0.15, 0.2) is 0 Å². The van der Waals surface area contributed by atoms with Crippen LogP contribution in [-0.4, -0.2) is 28.8 Å². The van der Waals surface area contributed by atoms with Gasteiger partial charge in [-0.05, 0) is 25.5 Å². The highest BCUT2D eigenvalue weighted by molar-refractivity contribution is 7.98. The van der Waals surface area contributed by atoms with Gasteiger partial charge in [0, 0.05) is 7.05 Å². The van der Waals surface area contributed by atoms with E-state index in [0.717, 1.165) is 22.9 Å². The van der Waals surface area contributed by atoms with Crippen LogP contribution in [0.5, 0.6) is 0 Å². The van der Waals surface area contributed by atoms with Crippen molar-refractivity contribution in [3.63, 3.8) is 0 Å². The zero-order valence-electron chi connectivity index (χ0n) is 8.75. The molecular weight excluding hydrogens is 218 g/mol. The molecule has 3 nitrogen and oxygen atoms in total. The van der Waals surface area contributed by atoms with Crippen LogP contribution in [0.3, 0.4) is 0 Å². The van der Waals surface area contributed by atoms with Crippen molar-refractivity contribution in [2.75, 3.05) is 19.1 Å². The van der Waals surface area contributed by atoms with E-state index in [1.807, 2.05) is 30.5 Å². The van der Waals surface area contributed by atoms with Gasteiger partial charge in [-0.2, -0.15) is 16.9 Å². The standard InChI is InChI=1S/C9H16ClN3S/c1-11-8(4-5-14-3)9-7(10)6-12-13(9)2/h6,8,11H,4-5H2,1-3H3. The highest BCUT2D eigenvalue weighted by Crippen LogP contribution is 2.24. The Morgan fingerprint density at radius 1 is 1.71 bits per heavy atom. The topological polar surface area (TPSA) is 29.9 Å². The van der Waals surface area contributed by atoms with Crippen LogP contribution in [0.4, 0.5) is 0 Å². The zero-order chi connectivity index (χ0) is 10.6. The number of rotatable bonds is 5. The van der Waals surface area contributed by atoms with E-state index in [4.69, 9.17) is 11.6 Å².